The minimum absolute atomic E-state index is 0.171. The van der Waals surface area contributed by atoms with Gasteiger partial charge in [-0.05, 0) is 31.0 Å². The Balaban J connectivity index is 1.87. The van der Waals surface area contributed by atoms with Gasteiger partial charge in [0.2, 0.25) is 0 Å². The lowest BCUT2D eigenvalue weighted by molar-refractivity contribution is -0.141. The number of hydrogen-bond acceptors (Lipinski definition) is 5. The van der Waals surface area contributed by atoms with Crippen molar-refractivity contribution in [2.45, 2.75) is 20.0 Å². The number of nitrogens with zero attached hydrogens (tertiary/aromatic N) is 2. The molecule has 3 aromatic rings. The monoisotopic (exact) mass is 433 g/mol. The molecule has 1 N–H and O–H groups in total. The van der Waals surface area contributed by atoms with E-state index in [0.29, 0.717) is 29.2 Å². The third-order valence-corrected chi connectivity index (χ3v) is 4.98. The topological polar surface area (TPSA) is 63.6 Å². The second-order valence-corrected chi connectivity index (χ2v) is 7.39. The first-order valence-electron chi connectivity index (χ1n) is 9.00. The number of aromatic nitrogens is 1. The van der Waals surface area contributed by atoms with E-state index in [4.69, 9.17) is 4.84 Å². The molecule has 0 saturated heterocycles. The van der Waals surface area contributed by atoms with E-state index in [9.17, 15) is 18.0 Å². The highest BCUT2D eigenvalue weighted by atomic mass is 32.1. The Morgan fingerprint density at radius 1 is 1.20 bits per heavy atom. The van der Waals surface area contributed by atoms with Gasteiger partial charge in [-0.3, -0.25) is 4.79 Å². The largest absolute Gasteiger partial charge is 0.435 e. The molecule has 0 radical (unpaired) electrons. The molecule has 0 aliphatic rings. The number of alkyl halides is 3. The Morgan fingerprint density at radius 2 is 1.90 bits per heavy atom. The van der Waals surface area contributed by atoms with Gasteiger partial charge in [0, 0.05) is 11.3 Å². The van der Waals surface area contributed by atoms with Gasteiger partial charge >= 0.3 is 6.18 Å². The average Bonchev–Trinajstić information content (AvgIpc) is 3.12. The fourth-order valence-corrected chi connectivity index (χ4v) is 3.55. The van der Waals surface area contributed by atoms with Gasteiger partial charge in [0.25, 0.3) is 5.91 Å². The summed E-state index contributed by atoms with van der Waals surface area (Å²) >= 11 is 0.712. The molecule has 2 aromatic carbocycles. The molecule has 0 aliphatic carbocycles. The Bertz CT molecular complexity index is 1060. The zero-order valence-electron chi connectivity index (χ0n) is 16.2. The number of aryl methyl sites for hydroxylation is 1. The second-order valence-electron chi connectivity index (χ2n) is 6.18. The van der Waals surface area contributed by atoms with E-state index in [1.165, 1.54) is 6.92 Å². The van der Waals surface area contributed by atoms with Gasteiger partial charge in [-0.25, -0.2) is 4.98 Å². The number of halogens is 3. The molecule has 0 atom stereocenters. The molecular weight excluding hydrogens is 415 g/mol. The minimum Gasteiger partial charge on any atom is -0.396 e. The Hall–Kier alpha value is -3.20. The van der Waals surface area contributed by atoms with Crippen LogP contribution in [0, 0.1) is 6.92 Å². The van der Waals surface area contributed by atoms with Crippen LogP contribution >= 0.6 is 11.3 Å². The summed E-state index contributed by atoms with van der Waals surface area (Å²) in [6.45, 7) is 3.73. The van der Waals surface area contributed by atoms with Gasteiger partial charge < -0.3 is 10.2 Å². The molecule has 9 heteroatoms. The molecule has 0 aliphatic heterocycles. The number of benzene rings is 2. The van der Waals surface area contributed by atoms with Crippen molar-refractivity contribution >= 4 is 29.1 Å². The lowest BCUT2D eigenvalue weighted by atomic mass is 10.0. The van der Waals surface area contributed by atoms with Crippen LogP contribution in [-0.4, -0.2) is 23.7 Å². The average molecular weight is 433 g/mol. The summed E-state index contributed by atoms with van der Waals surface area (Å²) in [6.07, 6.45) is -3.12. The first kappa shape index (κ1) is 21.5. The SMILES string of the molecule is CCON=Cc1ccc(-c2ccccc2NC(=O)c2sc(C)nc2C(F)(F)F)cc1. The number of oxime groups is 1. The van der Waals surface area contributed by atoms with Crippen LogP contribution in [-0.2, 0) is 11.0 Å². The van der Waals surface area contributed by atoms with E-state index in [-0.39, 0.29) is 5.01 Å². The van der Waals surface area contributed by atoms with E-state index in [2.05, 4.69) is 15.5 Å². The molecule has 1 heterocycles. The van der Waals surface area contributed by atoms with Crippen LogP contribution in [0.4, 0.5) is 18.9 Å². The van der Waals surface area contributed by atoms with Crippen LogP contribution in [0.15, 0.2) is 53.7 Å². The third-order valence-electron chi connectivity index (χ3n) is 4.01. The highest BCUT2D eigenvalue weighted by molar-refractivity contribution is 7.13. The Kier molecular flexibility index (Phi) is 6.51. The van der Waals surface area contributed by atoms with E-state index in [0.717, 1.165) is 11.1 Å². The quantitative estimate of drug-likeness (QED) is 0.397. The zero-order chi connectivity index (χ0) is 21.7. The standard InChI is InChI=1S/C21H18F3N3O2S/c1-3-29-25-12-14-8-10-15(11-9-14)16-6-4-5-7-17(16)27-20(28)18-19(21(22,23)24)26-13(2)30-18/h4-12H,3H2,1-2H3,(H,27,28). The molecule has 0 bridgehead atoms. The van der Waals surface area contributed by atoms with Crippen LogP contribution in [0.1, 0.15) is 32.9 Å². The number of para-hydroxylation sites is 1. The summed E-state index contributed by atoms with van der Waals surface area (Å²) in [5, 5.41) is 6.57. The number of anilines is 1. The number of thiazole rings is 1. The van der Waals surface area contributed by atoms with Gasteiger partial charge in [-0.1, -0.05) is 47.6 Å². The molecule has 5 nitrogen and oxygen atoms in total. The molecule has 0 unspecified atom stereocenters. The van der Waals surface area contributed by atoms with Crippen molar-refractivity contribution in [3.05, 3.63) is 69.7 Å². The van der Waals surface area contributed by atoms with Gasteiger partial charge in [0.05, 0.1) is 11.2 Å². The third kappa shape index (κ3) is 5.04. The van der Waals surface area contributed by atoms with E-state index in [1.807, 2.05) is 31.2 Å². The van der Waals surface area contributed by atoms with Crippen LogP contribution in [0.5, 0.6) is 0 Å². The summed E-state index contributed by atoms with van der Waals surface area (Å²) in [5.41, 5.74) is 1.52. The van der Waals surface area contributed by atoms with Crippen molar-refractivity contribution in [1.29, 1.82) is 0 Å². The van der Waals surface area contributed by atoms with Gasteiger partial charge in [-0.15, -0.1) is 11.3 Å². The number of carbonyl (C=O) groups is 1. The maximum absolute atomic E-state index is 13.2. The minimum atomic E-state index is -4.70. The summed E-state index contributed by atoms with van der Waals surface area (Å²) in [7, 11) is 0. The van der Waals surface area contributed by atoms with Crippen LogP contribution < -0.4 is 5.32 Å². The van der Waals surface area contributed by atoms with Gasteiger partial charge in [0.15, 0.2) is 5.69 Å². The number of amides is 1. The van der Waals surface area contributed by atoms with Gasteiger partial charge in [0.1, 0.15) is 11.5 Å². The molecule has 0 spiro atoms. The zero-order valence-corrected chi connectivity index (χ0v) is 17.0. The van der Waals surface area contributed by atoms with Crippen LogP contribution in [0.2, 0.25) is 0 Å². The molecule has 1 amide bonds. The van der Waals surface area contributed by atoms with Crippen molar-refractivity contribution in [3.8, 4) is 11.1 Å². The highest BCUT2D eigenvalue weighted by Gasteiger charge is 2.39. The predicted octanol–water partition coefficient (Wildman–Crippen LogP) is 5.76. The Morgan fingerprint density at radius 3 is 2.57 bits per heavy atom. The number of nitrogens with one attached hydrogen (secondary N) is 1. The van der Waals surface area contributed by atoms with Crippen LogP contribution in [0.25, 0.3) is 11.1 Å². The van der Waals surface area contributed by atoms with Crippen molar-refractivity contribution in [2.75, 3.05) is 11.9 Å². The number of hydrogen-bond donors (Lipinski definition) is 1. The first-order chi connectivity index (χ1) is 14.3. The molecule has 0 fully saturated rings. The lowest BCUT2D eigenvalue weighted by Gasteiger charge is -2.12. The molecule has 30 heavy (non-hydrogen) atoms. The number of carbonyl (C=O) groups excluding carboxylic acids is 1. The molecular formula is C21H18F3N3O2S. The van der Waals surface area contributed by atoms with E-state index in [1.54, 1.807) is 30.5 Å². The Labute approximate surface area is 175 Å². The van der Waals surface area contributed by atoms with Crippen molar-refractivity contribution in [3.63, 3.8) is 0 Å². The van der Waals surface area contributed by atoms with Gasteiger partial charge in [-0.2, -0.15) is 13.2 Å². The summed E-state index contributed by atoms with van der Waals surface area (Å²) in [6, 6.07) is 14.2. The normalized spacial score (nSPS) is 11.6. The number of rotatable bonds is 6. The maximum atomic E-state index is 13.2. The molecule has 3 rings (SSSR count). The van der Waals surface area contributed by atoms with E-state index < -0.39 is 22.7 Å². The van der Waals surface area contributed by atoms with E-state index >= 15 is 0 Å². The first-order valence-corrected chi connectivity index (χ1v) is 9.82. The van der Waals surface area contributed by atoms with Crippen molar-refractivity contribution < 1.29 is 22.8 Å². The van der Waals surface area contributed by atoms with Crippen LogP contribution in [0.3, 0.4) is 0 Å². The maximum Gasteiger partial charge on any atom is 0.435 e. The molecule has 156 valence electrons. The van der Waals surface area contributed by atoms with Crippen molar-refractivity contribution in [2.24, 2.45) is 5.16 Å². The lowest BCUT2D eigenvalue weighted by Crippen LogP contribution is -2.17. The molecule has 0 saturated carbocycles. The van der Waals surface area contributed by atoms with Crippen molar-refractivity contribution in [1.82, 2.24) is 4.98 Å². The summed E-state index contributed by atoms with van der Waals surface area (Å²) in [4.78, 5) is 20.6. The fourth-order valence-electron chi connectivity index (χ4n) is 2.72. The highest BCUT2D eigenvalue weighted by Crippen LogP contribution is 2.35. The fraction of sp³-hybridized carbons (Fsp3) is 0.190. The predicted molar refractivity (Wildman–Crippen MR) is 111 cm³/mol. The molecule has 1 aromatic heterocycles. The second kappa shape index (κ2) is 9.08. The smallest absolute Gasteiger partial charge is 0.396 e. The summed E-state index contributed by atoms with van der Waals surface area (Å²) in [5.74, 6) is -0.846. The summed E-state index contributed by atoms with van der Waals surface area (Å²) < 4.78 is 39.6.